The molecule has 0 saturated heterocycles. The van der Waals surface area contributed by atoms with Gasteiger partial charge in [-0.25, -0.2) is 0 Å². The summed E-state index contributed by atoms with van der Waals surface area (Å²) in [4.78, 5) is 12.4. The Balaban J connectivity index is 3.19. The molecule has 1 heterocycles. The number of rotatable bonds is 5. The molecule has 0 aromatic carbocycles. The van der Waals surface area contributed by atoms with E-state index in [0.29, 0.717) is 5.92 Å². The Hall–Kier alpha value is -0.990. The number of aromatic nitrogens is 2. The molecule has 0 fully saturated rings. The first-order valence-electron chi connectivity index (χ1n) is 7.09. The first-order valence-corrected chi connectivity index (χ1v) is 7.09. The van der Waals surface area contributed by atoms with Crippen LogP contribution in [0.3, 0.4) is 0 Å². The van der Waals surface area contributed by atoms with E-state index in [1.54, 1.807) is 4.68 Å². The predicted octanol–water partition coefficient (Wildman–Crippen LogP) is 3.47. The summed E-state index contributed by atoms with van der Waals surface area (Å²) >= 11 is 0. The minimum absolute atomic E-state index is 0.000841. The average Bonchev–Trinajstić information content (AvgIpc) is 2.53. The lowest BCUT2D eigenvalue weighted by Gasteiger charge is -2.19. The van der Waals surface area contributed by atoms with Crippen LogP contribution in [0.1, 0.15) is 65.6 Å². The van der Waals surface area contributed by atoms with Gasteiger partial charge < -0.3 is 0 Å². The van der Waals surface area contributed by atoms with Crippen LogP contribution in [0.15, 0.2) is 4.79 Å². The van der Waals surface area contributed by atoms with Gasteiger partial charge in [-0.15, -0.1) is 0 Å². The number of aromatic amines is 1. The van der Waals surface area contributed by atoms with E-state index in [4.69, 9.17) is 0 Å². The number of hydrogen-bond acceptors (Lipinski definition) is 1. The van der Waals surface area contributed by atoms with Crippen LogP contribution < -0.4 is 5.56 Å². The van der Waals surface area contributed by atoms with Crippen molar-refractivity contribution in [3.8, 4) is 0 Å². The maximum atomic E-state index is 12.4. The number of unbranched alkanes of at least 4 members (excludes halogenated alkanes) is 1. The topological polar surface area (TPSA) is 37.8 Å². The van der Waals surface area contributed by atoms with Crippen molar-refractivity contribution in [2.24, 2.45) is 5.92 Å². The van der Waals surface area contributed by atoms with E-state index in [9.17, 15) is 4.79 Å². The van der Waals surface area contributed by atoms with Crippen LogP contribution in [0.2, 0.25) is 0 Å². The molecule has 0 radical (unpaired) electrons. The summed E-state index contributed by atoms with van der Waals surface area (Å²) in [5.41, 5.74) is 2.27. The Kier molecular flexibility index (Phi) is 4.83. The van der Waals surface area contributed by atoms with Gasteiger partial charge in [0.05, 0.1) is 0 Å². The van der Waals surface area contributed by atoms with E-state index in [0.717, 1.165) is 37.1 Å². The van der Waals surface area contributed by atoms with E-state index in [-0.39, 0.29) is 11.0 Å². The van der Waals surface area contributed by atoms with Crippen LogP contribution >= 0.6 is 0 Å². The smallest absolute Gasteiger partial charge is 0.269 e. The fraction of sp³-hybridized carbons (Fsp3) is 0.800. The van der Waals surface area contributed by atoms with Gasteiger partial charge in [-0.05, 0) is 18.8 Å². The zero-order chi connectivity index (χ0) is 13.9. The fourth-order valence-electron chi connectivity index (χ4n) is 2.21. The molecular weight excluding hydrogens is 224 g/mol. The highest BCUT2D eigenvalue weighted by molar-refractivity contribution is 5.24. The molecule has 0 atom stereocenters. The average molecular weight is 252 g/mol. The Labute approximate surface area is 111 Å². The van der Waals surface area contributed by atoms with E-state index >= 15 is 0 Å². The number of nitrogens with zero attached hydrogens (tertiary/aromatic N) is 1. The summed E-state index contributed by atoms with van der Waals surface area (Å²) < 4.78 is 1.79. The van der Waals surface area contributed by atoms with E-state index < -0.39 is 0 Å². The quantitative estimate of drug-likeness (QED) is 0.856. The molecule has 0 bridgehead atoms. The molecule has 0 aliphatic rings. The van der Waals surface area contributed by atoms with Crippen molar-refractivity contribution in [3.63, 3.8) is 0 Å². The molecule has 0 saturated carbocycles. The van der Waals surface area contributed by atoms with Crippen LogP contribution in [-0.2, 0) is 18.4 Å². The van der Waals surface area contributed by atoms with Gasteiger partial charge in [0.2, 0.25) is 0 Å². The van der Waals surface area contributed by atoms with E-state index in [1.165, 1.54) is 0 Å². The molecule has 0 amide bonds. The number of nitrogens with one attached hydrogen (secondary N) is 1. The maximum absolute atomic E-state index is 12.4. The second-order valence-electron chi connectivity index (χ2n) is 6.62. The fourth-order valence-corrected chi connectivity index (χ4v) is 2.21. The van der Waals surface area contributed by atoms with Crippen LogP contribution in [0.5, 0.6) is 0 Å². The van der Waals surface area contributed by atoms with Crippen molar-refractivity contribution in [3.05, 3.63) is 21.6 Å². The zero-order valence-corrected chi connectivity index (χ0v) is 12.8. The first-order chi connectivity index (χ1) is 8.27. The monoisotopic (exact) mass is 252 g/mol. The highest BCUT2D eigenvalue weighted by Gasteiger charge is 2.24. The van der Waals surface area contributed by atoms with E-state index in [1.807, 2.05) is 0 Å². The Morgan fingerprint density at radius 2 is 1.89 bits per heavy atom. The second kappa shape index (κ2) is 5.77. The standard InChI is InChI=1S/C15H28N2O/c1-7-8-9-17-14(18)12(10-11(2)3)13(16-17)15(4,5)6/h11,16H,7-10H2,1-6H3. The summed E-state index contributed by atoms with van der Waals surface area (Å²) in [5, 5.41) is 3.33. The lowest BCUT2D eigenvalue weighted by Crippen LogP contribution is -2.20. The largest absolute Gasteiger partial charge is 0.299 e. The van der Waals surface area contributed by atoms with Crippen molar-refractivity contribution in [2.45, 2.75) is 72.8 Å². The number of H-pyrrole nitrogens is 1. The lowest BCUT2D eigenvalue weighted by atomic mass is 9.87. The minimum atomic E-state index is 0.000841. The molecule has 3 heteroatoms. The summed E-state index contributed by atoms with van der Waals surface area (Å²) in [5.74, 6) is 0.509. The van der Waals surface area contributed by atoms with Gasteiger partial charge >= 0.3 is 0 Å². The van der Waals surface area contributed by atoms with Crippen molar-refractivity contribution in [2.75, 3.05) is 0 Å². The van der Waals surface area contributed by atoms with E-state index in [2.05, 4.69) is 46.6 Å². The normalized spacial score (nSPS) is 12.4. The third kappa shape index (κ3) is 3.50. The van der Waals surface area contributed by atoms with Gasteiger partial charge in [0.15, 0.2) is 0 Å². The summed E-state index contributed by atoms with van der Waals surface area (Å²) in [7, 11) is 0. The molecule has 1 rings (SSSR count). The van der Waals surface area contributed by atoms with Gasteiger partial charge in [-0.2, -0.15) is 0 Å². The minimum Gasteiger partial charge on any atom is -0.299 e. The van der Waals surface area contributed by atoms with Crippen molar-refractivity contribution < 1.29 is 0 Å². The molecule has 104 valence electrons. The van der Waals surface area contributed by atoms with Crippen LogP contribution in [0.25, 0.3) is 0 Å². The molecule has 1 N–H and O–H groups in total. The van der Waals surface area contributed by atoms with Crippen molar-refractivity contribution >= 4 is 0 Å². The van der Waals surface area contributed by atoms with Gasteiger partial charge in [0.1, 0.15) is 0 Å². The van der Waals surface area contributed by atoms with Gasteiger partial charge in [0.25, 0.3) is 5.56 Å². The predicted molar refractivity (Wildman–Crippen MR) is 77.2 cm³/mol. The number of hydrogen-bond donors (Lipinski definition) is 1. The van der Waals surface area contributed by atoms with Crippen LogP contribution in [0, 0.1) is 5.92 Å². The molecule has 1 aromatic rings. The third-order valence-electron chi connectivity index (χ3n) is 3.15. The van der Waals surface area contributed by atoms with Crippen LogP contribution in [-0.4, -0.2) is 9.78 Å². The third-order valence-corrected chi connectivity index (χ3v) is 3.15. The van der Waals surface area contributed by atoms with Gasteiger partial charge in [0, 0.05) is 23.2 Å². The highest BCUT2D eigenvalue weighted by atomic mass is 16.1. The van der Waals surface area contributed by atoms with Gasteiger partial charge in [-0.1, -0.05) is 48.0 Å². The van der Waals surface area contributed by atoms with Gasteiger partial charge in [-0.3, -0.25) is 14.6 Å². The molecule has 0 aliphatic carbocycles. The molecular formula is C15H28N2O. The molecule has 3 nitrogen and oxygen atoms in total. The Morgan fingerprint density at radius 3 is 2.33 bits per heavy atom. The number of aryl methyl sites for hydroxylation is 1. The Bertz CT molecular complexity index is 432. The summed E-state index contributed by atoms with van der Waals surface area (Å²) in [6, 6.07) is 0. The van der Waals surface area contributed by atoms with Crippen molar-refractivity contribution in [1.82, 2.24) is 9.78 Å². The Morgan fingerprint density at radius 1 is 1.28 bits per heavy atom. The summed E-state index contributed by atoms with van der Waals surface area (Å²) in [6.07, 6.45) is 3.02. The molecule has 0 aliphatic heterocycles. The summed E-state index contributed by atoms with van der Waals surface area (Å²) in [6.45, 7) is 13.7. The first kappa shape index (κ1) is 15.1. The second-order valence-corrected chi connectivity index (χ2v) is 6.62. The highest BCUT2D eigenvalue weighted by Crippen LogP contribution is 2.24. The maximum Gasteiger partial charge on any atom is 0.269 e. The van der Waals surface area contributed by atoms with Crippen molar-refractivity contribution in [1.29, 1.82) is 0 Å². The molecule has 18 heavy (non-hydrogen) atoms. The molecule has 1 aromatic heterocycles. The van der Waals surface area contributed by atoms with Crippen LogP contribution in [0.4, 0.5) is 0 Å². The molecule has 0 unspecified atom stereocenters. The zero-order valence-electron chi connectivity index (χ0n) is 12.8. The molecule has 0 spiro atoms. The SMILES string of the molecule is CCCCn1[nH]c(C(C)(C)C)c(CC(C)C)c1=O. The lowest BCUT2D eigenvalue weighted by molar-refractivity contribution is 0.511.